The molecule has 0 aromatic heterocycles. The summed E-state index contributed by atoms with van der Waals surface area (Å²) < 4.78 is 4.87. The second kappa shape index (κ2) is 6.53. The molecule has 6 heteroatoms. The molecule has 0 aliphatic carbocycles. The highest BCUT2D eigenvalue weighted by molar-refractivity contribution is 6.04. The van der Waals surface area contributed by atoms with Gasteiger partial charge < -0.3 is 20.0 Å². The maximum Gasteiger partial charge on any atom is 0.308 e. The first-order chi connectivity index (χ1) is 10.5. The van der Waals surface area contributed by atoms with Crippen LogP contribution in [0.5, 0.6) is 5.75 Å². The highest BCUT2D eigenvalue weighted by Gasteiger charge is 2.07. The monoisotopic (exact) mass is 298 g/mol. The zero-order valence-electron chi connectivity index (χ0n) is 11.7. The van der Waals surface area contributed by atoms with E-state index in [4.69, 9.17) is 4.74 Å². The Morgan fingerprint density at radius 1 is 0.909 bits per heavy atom. The summed E-state index contributed by atoms with van der Waals surface area (Å²) in [6.07, 6.45) is 0. The van der Waals surface area contributed by atoms with Gasteiger partial charge in [-0.1, -0.05) is 12.1 Å². The highest BCUT2D eigenvalue weighted by atomic mass is 16.5. The van der Waals surface area contributed by atoms with E-state index in [-0.39, 0.29) is 11.5 Å². The predicted molar refractivity (Wildman–Crippen MR) is 76.5 cm³/mol. The Kier molecular flexibility index (Phi) is 4.53. The molecule has 0 radical (unpaired) electrons. The first-order valence-corrected chi connectivity index (χ1v) is 6.37. The Balaban J connectivity index is 2.05. The van der Waals surface area contributed by atoms with Crippen molar-refractivity contribution in [1.29, 1.82) is 0 Å². The van der Waals surface area contributed by atoms with E-state index in [9.17, 15) is 19.5 Å². The van der Waals surface area contributed by atoms with Crippen LogP contribution in [-0.4, -0.2) is 17.8 Å². The Morgan fingerprint density at radius 2 is 1.45 bits per heavy atom. The molecule has 0 bridgehead atoms. The van der Waals surface area contributed by atoms with Crippen molar-refractivity contribution in [2.45, 2.75) is 6.92 Å². The first kappa shape index (κ1) is 15.2. The molecule has 0 spiro atoms. The number of rotatable bonds is 4. The Labute approximate surface area is 126 Å². The lowest BCUT2D eigenvalue weighted by Crippen LogP contribution is -2.22. The van der Waals surface area contributed by atoms with Crippen molar-refractivity contribution in [2.75, 3.05) is 5.32 Å². The molecule has 0 atom stereocenters. The van der Waals surface area contributed by atoms with Crippen LogP contribution in [-0.2, 0) is 4.79 Å². The summed E-state index contributed by atoms with van der Waals surface area (Å²) in [5.74, 6) is -1.73. The fourth-order valence-corrected chi connectivity index (χ4v) is 1.73. The van der Waals surface area contributed by atoms with Crippen LogP contribution in [0, 0.1) is 0 Å². The van der Waals surface area contributed by atoms with E-state index < -0.39 is 11.9 Å². The number of carbonyl (C=O) groups is 3. The van der Waals surface area contributed by atoms with Gasteiger partial charge in [0.15, 0.2) is 0 Å². The number of aromatic carboxylic acids is 1. The number of hydrogen-bond acceptors (Lipinski definition) is 5. The van der Waals surface area contributed by atoms with E-state index in [1.165, 1.54) is 55.5 Å². The van der Waals surface area contributed by atoms with Crippen LogP contribution < -0.4 is 15.2 Å². The third-order valence-electron chi connectivity index (χ3n) is 2.76. The summed E-state index contributed by atoms with van der Waals surface area (Å²) in [6, 6.07) is 11.7. The smallest absolute Gasteiger partial charge is 0.308 e. The number of carboxylic acid groups (broad SMARTS) is 1. The predicted octanol–water partition coefficient (Wildman–Crippen LogP) is 1.23. The number of nitrogens with one attached hydrogen (secondary N) is 1. The van der Waals surface area contributed by atoms with Gasteiger partial charge in [0.1, 0.15) is 5.75 Å². The van der Waals surface area contributed by atoms with Crippen molar-refractivity contribution in [2.24, 2.45) is 0 Å². The molecule has 0 aliphatic rings. The zero-order chi connectivity index (χ0) is 16.1. The van der Waals surface area contributed by atoms with Crippen molar-refractivity contribution < 1.29 is 24.2 Å². The second-order valence-electron chi connectivity index (χ2n) is 4.44. The summed E-state index contributed by atoms with van der Waals surface area (Å²) >= 11 is 0. The lowest BCUT2D eigenvalue weighted by molar-refractivity contribution is -0.255. The number of benzene rings is 2. The lowest BCUT2D eigenvalue weighted by Gasteiger charge is -2.08. The van der Waals surface area contributed by atoms with Gasteiger partial charge in [0.05, 0.1) is 5.97 Å². The molecule has 2 aromatic rings. The number of ether oxygens (including phenoxy) is 1. The van der Waals surface area contributed by atoms with E-state index in [0.717, 1.165) is 0 Å². The third kappa shape index (κ3) is 3.92. The van der Waals surface area contributed by atoms with Crippen molar-refractivity contribution in [3.63, 3.8) is 0 Å². The molecule has 6 nitrogen and oxygen atoms in total. The van der Waals surface area contributed by atoms with E-state index >= 15 is 0 Å². The summed E-state index contributed by atoms with van der Waals surface area (Å²) in [4.78, 5) is 33.4. The minimum atomic E-state index is -1.28. The molecule has 0 fully saturated rings. The van der Waals surface area contributed by atoms with E-state index in [0.29, 0.717) is 17.0 Å². The normalized spacial score (nSPS) is 9.86. The zero-order valence-corrected chi connectivity index (χ0v) is 11.7. The minimum Gasteiger partial charge on any atom is -0.545 e. The van der Waals surface area contributed by atoms with Crippen LogP contribution in [0.3, 0.4) is 0 Å². The second-order valence-corrected chi connectivity index (χ2v) is 4.44. The lowest BCUT2D eigenvalue weighted by atomic mass is 10.2. The van der Waals surface area contributed by atoms with Crippen LogP contribution in [0.15, 0.2) is 48.5 Å². The highest BCUT2D eigenvalue weighted by Crippen LogP contribution is 2.15. The van der Waals surface area contributed by atoms with E-state index in [1.54, 1.807) is 0 Å². The molecule has 112 valence electrons. The van der Waals surface area contributed by atoms with Gasteiger partial charge in [0, 0.05) is 18.2 Å². The Hall–Kier alpha value is -3.15. The number of carbonyl (C=O) groups excluding carboxylic acids is 3. The topological polar surface area (TPSA) is 95.5 Å². The number of amides is 1. The number of carboxylic acids is 1. The number of esters is 1. The first-order valence-electron chi connectivity index (χ1n) is 6.37. The SMILES string of the molecule is CC(=O)Oc1ccc(C(=O)Nc2ccc(C(=O)[O-])cc2)cc1. The molecular formula is C16H12NO5-. The van der Waals surface area contributed by atoms with Gasteiger partial charge in [-0.3, -0.25) is 9.59 Å². The summed E-state index contributed by atoms with van der Waals surface area (Å²) in [6.45, 7) is 1.29. The summed E-state index contributed by atoms with van der Waals surface area (Å²) in [5, 5.41) is 13.3. The molecule has 0 heterocycles. The molecule has 0 saturated carbocycles. The van der Waals surface area contributed by atoms with Crippen LogP contribution in [0.4, 0.5) is 5.69 Å². The number of anilines is 1. The van der Waals surface area contributed by atoms with E-state index in [2.05, 4.69) is 5.32 Å². The van der Waals surface area contributed by atoms with E-state index in [1.807, 2.05) is 0 Å². The van der Waals surface area contributed by atoms with Crippen molar-refractivity contribution in [1.82, 2.24) is 0 Å². The maximum atomic E-state index is 12.0. The van der Waals surface area contributed by atoms with Crippen molar-refractivity contribution >= 4 is 23.5 Å². The molecule has 2 rings (SSSR count). The molecule has 2 aromatic carbocycles. The third-order valence-corrected chi connectivity index (χ3v) is 2.76. The van der Waals surface area contributed by atoms with Gasteiger partial charge in [-0.25, -0.2) is 0 Å². The van der Waals surface area contributed by atoms with Gasteiger partial charge in [-0.15, -0.1) is 0 Å². The Morgan fingerprint density at radius 3 is 1.95 bits per heavy atom. The minimum absolute atomic E-state index is 0.0312. The molecule has 22 heavy (non-hydrogen) atoms. The van der Waals surface area contributed by atoms with Crippen LogP contribution in [0.25, 0.3) is 0 Å². The van der Waals surface area contributed by atoms with Gasteiger partial charge >= 0.3 is 5.97 Å². The molecule has 1 amide bonds. The summed E-state index contributed by atoms with van der Waals surface area (Å²) in [5.41, 5.74) is 0.864. The maximum absolute atomic E-state index is 12.0. The van der Waals surface area contributed by atoms with Crippen LogP contribution in [0.2, 0.25) is 0 Å². The van der Waals surface area contributed by atoms with Gasteiger partial charge in [-0.05, 0) is 42.0 Å². The average Bonchev–Trinajstić information content (AvgIpc) is 2.48. The van der Waals surface area contributed by atoms with Crippen molar-refractivity contribution in [3.05, 3.63) is 59.7 Å². The molecule has 1 N–H and O–H groups in total. The van der Waals surface area contributed by atoms with Crippen molar-refractivity contribution in [3.8, 4) is 5.75 Å². The largest absolute Gasteiger partial charge is 0.545 e. The fraction of sp³-hybridized carbons (Fsp3) is 0.0625. The van der Waals surface area contributed by atoms with Crippen LogP contribution >= 0.6 is 0 Å². The molecule has 0 aliphatic heterocycles. The molecule has 0 saturated heterocycles. The average molecular weight is 298 g/mol. The standard InChI is InChI=1S/C16H13NO5/c1-10(18)22-14-8-4-11(5-9-14)15(19)17-13-6-2-12(3-7-13)16(20)21/h2-9H,1H3,(H,17,19)(H,20,21)/p-1. The Bertz CT molecular complexity index is 704. The van der Waals surface area contributed by atoms with Crippen LogP contribution in [0.1, 0.15) is 27.6 Å². The van der Waals surface area contributed by atoms with Gasteiger partial charge in [0.25, 0.3) is 5.91 Å². The molecular weight excluding hydrogens is 286 g/mol. The quantitative estimate of drug-likeness (QED) is 0.676. The summed E-state index contributed by atoms with van der Waals surface area (Å²) in [7, 11) is 0. The number of hydrogen-bond donors (Lipinski definition) is 1. The van der Waals surface area contributed by atoms with Gasteiger partial charge in [0.2, 0.25) is 0 Å². The molecule has 0 unspecified atom stereocenters. The van der Waals surface area contributed by atoms with Gasteiger partial charge in [-0.2, -0.15) is 0 Å². The fourth-order valence-electron chi connectivity index (χ4n) is 1.73.